The van der Waals surface area contributed by atoms with Gasteiger partial charge in [0.15, 0.2) is 5.52 Å². The van der Waals surface area contributed by atoms with Gasteiger partial charge in [-0.05, 0) is 26.8 Å². The second-order valence-electron chi connectivity index (χ2n) is 2.41. The molecule has 0 fully saturated rings. The molecule has 0 saturated carbocycles. The van der Waals surface area contributed by atoms with Gasteiger partial charge in [0.1, 0.15) is 0 Å². The van der Waals surface area contributed by atoms with Crippen LogP contribution in [0.15, 0.2) is 30.3 Å². The molecule has 58 valence electrons. The van der Waals surface area contributed by atoms with E-state index >= 15 is 0 Å². The third-order valence-corrected chi connectivity index (χ3v) is 3.63. The minimum atomic E-state index is -0.574. The molecule has 1 atom stereocenters. The summed E-state index contributed by atoms with van der Waals surface area (Å²) in [6, 6.07) is 9.92. The molecule has 1 unspecified atom stereocenters. The number of rotatable bonds is 2. The monoisotopic (exact) mass is 166 g/mol. The van der Waals surface area contributed by atoms with E-state index in [4.69, 9.17) is 0 Å². The van der Waals surface area contributed by atoms with Gasteiger partial charge in [0.05, 0.1) is 0 Å². The zero-order valence-corrected chi connectivity index (χ0v) is 7.64. The molecule has 1 rings (SSSR count). The molecule has 2 heteroatoms. The van der Waals surface area contributed by atoms with Crippen LogP contribution in [0.2, 0.25) is 0 Å². The Bertz CT molecular complexity index is 243. The number of benzene rings is 1. The third kappa shape index (κ3) is 2.13. The average molecular weight is 166 g/mol. The van der Waals surface area contributed by atoms with Crippen LogP contribution >= 0.6 is 7.92 Å². The van der Waals surface area contributed by atoms with Gasteiger partial charge in [0.25, 0.3) is 0 Å². The number of hydrogen-bond donors (Lipinski definition) is 0. The summed E-state index contributed by atoms with van der Waals surface area (Å²) in [6.45, 7) is 3.64. The Morgan fingerprint density at radius 1 is 1.27 bits per heavy atom. The summed E-state index contributed by atoms with van der Waals surface area (Å²) >= 11 is 0. The molecule has 0 aromatic heterocycles. The summed E-state index contributed by atoms with van der Waals surface area (Å²) < 4.78 is 0. The van der Waals surface area contributed by atoms with E-state index in [1.165, 1.54) is 0 Å². The van der Waals surface area contributed by atoms with Gasteiger partial charge in [0, 0.05) is 0 Å². The molecule has 11 heavy (non-hydrogen) atoms. The lowest BCUT2D eigenvalue weighted by Gasteiger charge is -2.06. The molecule has 1 aromatic carbocycles. The number of carbonyl (C=O) groups excluding carboxylic acids is 1. The summed E-state index contributed by atoms with van der Waals surface area (Å²) in [4.78, 5) is 11.0. The average Bonchev–Trinajstić information content (AvgIpc) is 2.05. The Morgan fingerprint density at radius 3 is 2.27 bits per heavy atom. The molecule has 0 N–H and O–H groups in total. The molecule has 0 aliphatic heterocycles. The zero-order valence-electron chi connectivity index (χ0n) is 6.74. The van der Waals surface area contributed by atoms with E-state index in [0.29, 0.717) is 0 Å². The maximum atomic E-state index is 11.0. The van der Waals surface area contributed by atoms with Gasteiger partial charge in [-0.2, -0.15) is 0 Å². The largest absolute Gasteiger partial charge is 0.295 e. The minimum absolute atomic E-state index is 0.284. The Hall–Kier alpha value is -0.680. The second-order valence-corrected chi connectivity index (χ2v) is 4.68. The Morgan fingerprint density at radius 2 is 1.82 bits per heavy atom. The number of carbonyl (C=O) groups is 1. The predicted molar refractivity (Wildman–Crippen MR) is 49.6 cm³/mol. The van der Waals surface area contributed by atoms with Crippen molar-refractivity contribution in [2.45, 2.75) is 6.92 Å². The van der Waals surface area contributed by atoms with Crippen LogP contribution in [0, 0.1) is 0 Å². The Labute approximate surface area is 68.2 Å². The first-order chi connectivity index (χ1) is 5.22. The normalized spacial score (nSPS) is 12.5. The van der Waals surface area contributed by atoms with Crippen molar-refractivity contribution in [3.8, 4) is 0 Å². The van der Waals surface area contributed by atoms with E-state index in [1.54, 1.807) is 6.92 Å². The van der Waals surface area contributed by atoms with E-state index in [1.807, 2.05) is 37.0 Å². The standard InChI is InChI=1S/C9H11OP/c1-8(10)11(2)9-6-4-3-5-7-9/h3-7H,1-2H3. The van der Waals surface area contributed by atoms with Crippen LogP contribution in [0.3, 0.4) is 0 Å². The number of hydrogen-bond acceptors (Lipinski definition) is 1. The zero-order chi connectivity index (χ0) is 8.27. The fourth-order valence-electron chi connectivity index (χ4n) is 0.833. The van der Waals surface area contributed by atoms with Crippen molar-refractivity contribution < 1.29 is 4.79 Å². The van der Waals surface area contributed by atoms with Crippen LogP contribution in [0.25, 0.3) is 0 Å². The lowest BCUT2D eigenvalue weighted by atomic mass is 10.4. The highest BCUT2D eigenvalue weighted by atomic mass is 31.1. The quantitative estimate of drug-likeness (QED) is 0.614. The van der Waals surface area contributed by atoms with E-state index < -0.39 is 7.92 Å². The fourth-order valence-corrected chi connectivity index (χ4v) is 1.82. The topological polar surface area (TPSA) is 17.1 Å². The highest BCUT2D eigenvalue weighted by molar-refractivity contribution is 7.80. The summed E-state index contributed by atoms with van der Waals surface area (Å²) in [5.41, 5.74) is 0.284. The highest BCUT2D eigenvalue weighted by Gasteiger charge is 2.07. The Balaban J connectivity index is 2.85. The molecular formula is C9H11OP. The first-order valence-corrected chi connectivity index (χ1v) is 5.30. The molecule has 0 spiro atoms. The third-order valence-electron chi connectivity index (χ3n) is 1.62. The first kappa shape index (κ1) is 8.42. The van der Waals surface area contributed by atoms with Gasteiger partial charge in [-0.3, -0.25) is 4.79 Å². The van der Waals surface area contributed by atoms with Crippen molar-refractivity contribution in [3.05, 3.63) is 30.3 Å². The molecular weight excluding hydrogens is 155 g/mol. The molecule has 0 bridgehead atoms. The van der Waals surface area contributed by atoms with Crippen LogP contribution < -0.4 is 5.30 Å². The van der Waals surface area contributed by atoms with Gasteiger partial charge in [-0.1, -0.05) is 30.3 Å². The van der Waals surface area contributed by atoms with E-state index in [2.05, 4.69) is 0 Å². The summed E-state index contributed by atoms with van der Waals surface area (Å²) in [5, 5.41) is 1.16. The van der Waals surface area contributed by atoms with Crippen LogP contribution in [-0.2, 0) is 4.79 Å². The van der Waals surface area contributed by atoms with Gasteiger partial charge in [-0.15, -0.1) is 0 Å². The van der Waals surface area contributed by atoms with Crippen molar-refractivity contribution in [2.24, 2.45) is 0 Å². The van der Waals surface area contributed by atoms with E-state index in [0.717, 1.165) is 5.30 Å². The van der Waals surface area contributed by atoms with Gasteiger partial charge < -0.3 is 0 Å². The maximum Gasteiger partial charge on any atom is 0.155 e. The molecule has 0 amide bonds. The SMILES string of the molecule is CC(=O)P(C)c1ccccc1. The van der Waals surface area contributed by atoms with Crippen molar-refractivity contribution >= 4 is 18.8 Å². The summed E-state index contributed by atoms with van der Waals surface area (Å²) in [7, 11) is -0.574. The predicted octanol–water partition coefficient (Wildman–Crippen LogP) is 1.97. The molecule has 1 nitrogen and oxygen atoms in total. The lowest BCUT2D eigenvalue weighted by Crippen LogP contribution is -2.03. The van der Waals surface area contributed by atoms with Gasteiger partial charge in [-0.25, -0.2) is 0 Å². The smallest absolute Gasteiger partial charge is 0.155 e. The van der Waals surface area contributed by atoms with Crippen LogP contribution in [0.5, 0.6) is 0 Å². The molecule has 1 aromatic rings. The van der Waals surface area contributed by atoms with Crippen molar-refractivity contribution in [1.82, 2.24) is 0 Å². The molecule has 0 aliphatic carbocycles. The maximum absolute atomic E-state index is 11.0. The molecule has 0 aliphatic rings. The Kier molecular flexibility index (Phi) is 2.78. The second kappa shape index (κ2) is 3.64. The molecule has 0 heterocycles. The van der Waals surface area contributed by atoms with Crippen molar-refractivity contribution in [3.63, 3.8) is 0 Å². The fraction of sp³-hybridized carbons (Fsp3) is 0.222. The van der Waals surface area contributed by atoms with Crippen LogP contribution in [0.1, 0.15) is 6.92 Å². The molecule has 0 radical (unpaired) electrons. The van der Waals surface area contributed by atoms with Gasteiger partial charge in [0.2, 0.25) is 0 Å². The van der Waals surface area contributed by atoms with Crippen LogP contribution in [-0.4, -0.2) is 12.2 Å². The van der Waals surface area contributed by atoms with Crippen LogP contribution in [0.4, 0.5) is 0 Å². The van der Waals surface area contributed by atoms with Crippen molar-refractivity contribution in [2.75, 3.05) is 6.66 Å². The summed E-state index contributed by atoms with van der Waals surface area (Å²) in [5.74, 6) is 0. The van der Waals surface area contributed by atoms with Crippen molar-refractivity contribution in [1.29, 1.82) is 0 Å². The summed E-state index contributed by atoms with van der Waals surface area (Å²) in [6.07, 6.45) is 0. The molecule has 0 saturated heterocycles. The lowest BCUT2D eigenvalue weighted by molar-refractivity contribution is -0.109. The highest BCUT2D eigenvalue weighted by Crippen LogP contribution is 2.29. The van der Waals surface area contributed by atoms with E-state index in [9.17, 15) is 4.79 Å². The minimum Gasteiger partial charge on any atom is -0.295 e. The van der Waals surface area contributed by atoms with E-state index in [-0.39, 0.29) is 5.52 Å². The van der Waals surface area contributed by atoms with Gasteiger partial charge >= 0.3 is 0 Å². The first-order valence-electron chi connectivity index (χ1n) is 3.51.